The average Bonchev–Trinajstić information content (AvgIpc) is 3.08. The van der Waals surface area contributed by atoms with Crippen molar-refractivity contribution < 1.29 is 12.8 Å². The number of benzene rings is 2. The number of nitrogens with zero attached hydrogens (tertiary/aromatic N) is 2. The molecule has 0 saturated heterocycles. The summed E-state index contributed by atoms with van der Waals surface area (Å²) in [7, 11) is -3.44. The maximum Gasteiger partial charge on any atom is 0.247 e. The smallest absolute Gasteiger partial charge is 0.247 e. The van der Waals surface area contributed by atoms with E-state index >= 15 is 0 Å². The van der Waals surface area contributed by atoms with Crippen LogP contribution in [0, 0.1) is 0 Å². The van der Waals surface area contributed by atoms with E-state index in [0.29, 0.717) is 23.6 Å². The molecule has 0 saturated carbocycles. The molecular weight excluding hydrogens is 314 g/mol. The van der Waals surface area contributed by atoms with Gasteiger partial charge in [0.1, 0.15) is 0 Å². The Balaban J connectivity index is 1.69. The number of hydrogen-bond acceptors (Lipinski definition) is 5. The number of aromatic nitrogens is 2. The third-order valence-electron chi connectivity index (χ3n) is 3.25. The van der Waals surface area contributed by atoms with Crippen LogP contribution in [0.4, 0.5) is 5.69 Å². The second kappa shape index (κ2) is 6.62. The highest BCUT2D eigenvalue weighted by molar-refractivity contribution is 7.92. The van der Waals surface area contributed by atoms with Crippen molar-refractivity contribution >= 4 is 15.7 Å². The van der Waals surface area contributed by atoms with Crippen molar-refractivity contribution in [3.05, 3.63) is 66.6 Å². The maximum atomic E-state index is 12.2. The van der Waals surface area contributed by atoms with Crippen LogP contribution >= 0.6 is 0 Å². The van der Waals surface area contributed by atoms with Gasteiger partial charge in [0.2, 0.25) is 22.3 Å². The SMILES string of the molecule is O=S(=O)(CCc1ccccc1)Nc1cccc(-c2nnco2)c1. The molecule has 0 spiro atoms. The van der Waals surface area contributed by atoms with Gasteiger partial charge in [-0.15, -0.1) is 10.2 Å². The fraction of sp³-hybridized carbons (Fsp3) is 0.125. The quantitative estimate of drug-likeness (QED) is 0.751. The maximum absolute atomic E-state index is 12.2. The Morgan fingerprint density at radius 1 is 1.04 bits per heavy atom. The predicted molar refractivity (Wildman–Crippen MR) is 87.3 cm³/mol. The number of sulfonamides is 1. The van der Waals surface area contributed by atoms with Crippen molar-refractivity contribution in [1.82, 2.24) is 10.2 Å². The summed E-state index contributed by atoms with van der Waals surface area (Å²) in [5, 5.41) is 7.42. The standard InChI is InChI=1S/C16H15N3O3S/c20-23(21,10-9-13-5-2-1-3-6-13)19-15-8-4-7-14(11-15)16-18-17-12-22-16/h1-8,11-12,19H,9-10H2. The van der Waals surface area contributed by atoms with Gasteiger partial charge in [0.05, 0.1) is 5.75 Å². The van der Waals surface area contributed by atoms with Crippen LogP contribution in [-0.4, -0.2) is 24.4 Å². The van der Waals surface area contributed by atoms with E-state index in [-0.39, 0.29) is 5.75 Å². The second-order valence-corrected chi connectivity index (χ2v) is 6.82. The number of rotatable bonds is 6. The number of anilines is 1. The molecule has 0 bridgehead atoms. The second-order valence-electron chi connectivity index (χ2n) is 4.98. The van der Waals surface area contributed by atoms with E-state index in [2.05, 4.69) is 14.9 Å². The zero-order valence-corrected chi connectivity index (χ0v) is 13.0. The Morgan fingerprint density at radius 2 is 1.87 bits per heavy atom. The van der Waals surface area contributed by atoms with Crippen molar-refractivity contribution in [1.29, 1.82) is 0 Å². The Hall–Kier alpha value is -2.67. The lowest BCUT2D eigenvalue weighted by Gasteiger charge is -2.08. The molecule has 0 aliphatic rings. The molecule has 0 aliphatic heterocycles. The van der Waals surface area contributed by atoms with Crippen LogP contribution in [0.3, 0.4) is 0 Å². The monoisotopic (exact) mass is 329 g/mol. The van der Waals surface area contributed by atoms with E-state index in [9.17, 15) is 8.42 Å². The number of nitrogens with one attached hydrogen (secondary N) is 1. The molecule has 0 amide bonds. The molecular formula is C16H15N3O3S. The average molecular weight is 329 g/mol. The zero-order chi connectivity index (χ0) is 16.1. The van der Waals surface area contributed by atoms with Gasteiger partial charge in [-0.05, 0) is 30.2 Å². The van der Waals surface area contributed by atoms with Gasteiger partial charge >= 0.3 is 0 Å². The lowest BCUT2D eigenvalue weighted by molar-refractivity contribution is 0.568. The van der Waals surface area contributed by atoms with Crippen LogP contribution in [-0.2, 0) is 16.4 Å². The first kappa shape index (κ1) is 15.2. The molecule has 7 heteroatoms. The van der Waals surface area contributed by atoms with E-state index in [1.165, 1.54) is 6.39 Å². The van der Waals surface area contributed by atoms with Gasteiger partial charge in [-0.2, -0.15) is 0 Å². The van der Waals surface area contributed by atoms with E-state index in [1.54, 1.807) is 24.3 Å². The first-order valence-corrected chi connectivity index (χ1v) is 8.69. The molecule has 3 rings (SSSR count). The minimum Gasteiger partial charge on any atom is -0.423 e. The van der Waals surface area contributed by atoms with Crippen molar-refractivity contribution in [3.63, 3.8) is 0 Å². The van der Waals surface area contributed by atoms with Crippen molar-refractivity contribution in [2.75, 3.05) is 10.5 Å². The van der Waals surface area contributed by atoms with Gasteiger partial charge in [0.15, 0.2) is 0 Å². The summed E-state index contributed by atoms with van der Waals surface area (Å²) in [5.41, 5.74) is 2.11. The third kappa shape index (κ3) is 4.17. The highest BCUT2D eigenvalue weighted by atomic mass is 32.2. The molecule has 23 heavy (non-hydrogen) atoms. The largest absolute Gasteiger partial charge is 0.423 e. The Kier molecular flexibility index (Phi) is 4.38. The van der Waals surface area contributed by atoms with Crippen LogP contribution in [0.5, 0.6) is 0 Å². The molecule has 0 aliphatic carbocycles. The Morgan fingerprint density at radius 3 is 2.61 bits per heavy atom. The fourth-order valence-electron chi connectivity index (χ4n) is 2.14. The minimum absolute atomic E-state index is 0.0157. The minimum atomic E-state index is -3.44. The van der Waals surface area contributed by atoms with Crippen molar-refractivity contribution in [2.24, 2.45) is 0 Å². The normalized spacial score (nSPS) is 11.3. The summed E-state index contributed by atoms with van der Waals surface area (Å²) in [6.07, 6.45) is 1.69. The lowest BCUT2D eigenvalue weighted by Crippen LogP contribution is -2.18. The summed E-state index contributed by atoms with van der Waals surface area (Å²) in [6.45, 7) is 0. The van der Waals surface area contributed by atoms with E-state index < -0.39 is 10.0 Å². The van der Waals surface area contributed by atoms with Crippen LogP contribution in [0.1, 0.15) is 5.56 Å². The van der Waals surface area contributed by atoms with Gasteiger partial charge in [-0.1, -0.05) is 36.4 Å². The molecule has 0 atom stereocenters. The van der Waals surface area contributed by atoms with Gasteiger partial charge in [-0.3, -0.25) is 4.72 Å². The summed E-state index contributed by atoms with van der Waals surface area (Å²) < 4.78 is 32.1. The Bertz CT molecular complexity index is 863. The first-order valence-electron chi connectivity index (χ1n) is 7.03. The number of aryl methyl sites for hydroxylation is 1. The van der Waals surface area contributed by atoms with Crippen LogP contribution in [0.2, 0.25) is 0 Å². The zero-order valence-electron chi connectivity index (χ0n) is 12.2. The first-order chi connectivity index (χ1) is 11.1. The summed E-state index contributed by atoms with van der Waals surface area (Å²) in [6, 6.07) is 16.3. The van der Waals surface area contributed by atoms with E-state index in [1.807, 2.05) is 30.3 Å². The highest BCUT2D eigenvalue weighted by Crippen LogP contribution is 2.21. The topological polar surface area (TPSA) is 85.1 Å². The number of hydrogen-bond donors (Lipinski definition) is 1. The van der Waals surface area contributed by atoms with Gasteiger partial charge in [-0.25, -0.2) is 8.42 Å². The molecule has 0 fully saturated rings. The molecule has 1 aromatic heterocycles. The van der Waals surface area contributed by atoms with Gasteiger partial charge in [0, 0.05) is 11.3 Å². The molecule has 1 N–H and O–H groups in total. The van der Waals surface area contributed by atoms with Crippen LogP contribution < -0.4 is 4.72 Å². The van der Waals surface area contributed by atoms with E-state index in [0.717, 1.165) is 5.56 Å². The van der Waals surface area contributed by atoms with Gasteiger partial charge in [0.25, 0.3) is 0 Å². The van der Waals surface area contributed by atoms with E-state index in [4.69, 9.17) is 4.42 Å². The third-order valence-corrected chi connectivity index (χ3v) is 4.53. The predicted octanol–water partition coefficient (Wildman–Crippen LogP) is 2.72. The molecule has 0 unspecified atom stereocenters. The summed E-state index contributed by atoms with van der Waals surface area (Å²) >= 11 is 0. The molecule has 0 radical (unpaired) electrons. The van der Waals surface area contributed by atoms with Crippen LogP contribution in [0.25, 0.3) is 11.5 Å². The molecule has 6 nitrogen and oxygen atoms in total. The molecule has 118 valence electrons. The molecule has 1 heterocycles. The van der Waals surface area contributed by atoms with Crippen molar-refractivity contribution in [2.45, 2.75) is 6.42 Å². The fourth-order valence-corrected chi connectivity index (χ4v) is 3.23. The summed E-state index contributed by atoms with van der Waals surface area (Å²) in [4.78, 5) is 0. The van der Waals surface area contributed by atoms with Crippen LogP contribution in [0.15, 0.2) is 65.4 Å². The molecule has 3 aromatic rings. The van der Waals surface area contributed by atoms with Crippen molar-refractivity contribution in [3.8, 4) is 11.5 Å². The Labute approximate surface area is 134 Å². The molecule has 2 aromatic carbocycles. The lowest BCUT2D eigenvalue weighted by atomic mass is 10.2. The highest BCUT2D eigenvalue weighted by Gasteiger charge is 2.12. The van der Waals surface area contributed by atoms with Gasteiger partial charge < -0.3 is 4.42 Å². The summed E-state index contributed by atoms with van der Waals surface area (Å²) in [5.74, 6) is 0.359.